The molecule has 4 nitrogen and oxygen atoms in total. The third kappa shape index (κ3) is 3.68. The predicted octanol–water partition coefficient (Wildman–Crippen LogP) is 2.71. The van der Waals surface area contributed by atoms with E-state index >= 15 is 0 Å². The fourth-order valence-corrected chi connectivity index (χ4v) is 2.86. The van der Waals surface area contributed by atoms with Crippen LogP contribution in [0.2, 0.25) is 4.34 Å². The van der Waals surface area contributed by atoms with Gasteiger partial charge in [0.2, 0.25) is 0 Å². The zero-order valence-corrected chi connectivity index (χ0v) is 11.6. The molecule has 0 aliphatic heterocycles. The Balaban J connectivity index is 1.96. The Morgan fingerprint density at radius 1 is 1.39 bits per heavy atom. The van der Waals surface area contributed by atoms with Crippen LogP contribution >= 0.6 is 22.9 Å². The van der Waals surface area contributed by atoms with Crippen LogP contribution < -0.4 is 11.3 Å². The predicted molar refractivity (Wildman–Crippen MR) is 76.5 cm³/mol. The molecule has 2 aromatic heterocycles. The Bertz CT molecular complexity index is 514. The lowest BCUT2D eigenvalue weighted by Crippen LogP contribution is -2.17. The number of hydrogen-bond acceptors (Lipinski definition) is 5. The Labute approximate surface area is 115 Å². The average molecular weight is 283 g/mol. The van der Waals surface area contributed by atoms with Crippen LogP contribution in [0.15, 0.2) is 30.5 Å². The molecule has 0 amide bonds. The summed E-state index contributed by atoms with van der Waals surface area (Å²) in [6.45, 7) is 1.63. The van der Waals surface area contributed by atoms with E-state index in [1.807, 2.05) is 18.2 Å². The fourth-order valence-electron chi connectivity index (χ4n) is 1.69. The molecule has 3 N–H and O–H groups in total. The molecule has 0 aliphatic rings. The third-order valence-electron chi connectivity index (χ3n) is 2.47. The second kappa shape index (κ2) is 6.15. The van der Waals surface area contributed by atoms with Gasteiger partial charge in [0.05, 0.1) is 15.7 Å². The second-order valence-corrected chi connectivity index (χ2v) is 5.86. The van der Waals surface area contributed by atoms with Crippen molar-refractivity contribution in [3.05, 3.63) is 45.4 Å². The summed E-state index contributed by atoms with van der Waals surface area (Å²) in [6, 6.07) is 7.75. The van der Waals surface area contributed by atoms with E-state index in [0.717, 1.165) is 28.8 Å². The number of nitrogens with one attached hydrogen (secondary N) is 1. The first-order valence-electron chi connectivity index (χ1n) is 5.51. The van der Waals surface area contributed by atoms with E-state index in [0.29, 0.717) is 0 Å². The highest BCUT2D eigenvalue weighted by Gasteiger charge is 2.05. The van der Waals surface area contributed by atoms with E-state index in [2.05, 4.69) is 28.4 Å². The number of hydrogen-bond donors (Lipinski definition) is 2. The summed E-state index contributed by atoms with van der Waals surface area (Å²) >= 11 is 7.51. The van der Waals surface area contributed by atoms with Crippen molar-refractivity contribution < 1.29 is 0 Å². The summed E-state index contributed by atoms with van der Waals surface area (Å²) in [6.07, 6.45) is 1.75. The van der Waals surface area contributed by atoms with E-state index in [-0.39, 0.29) is 0 Å². The van der Waals surface area contributed by atoms with E-state index in [9.17, 15) is 0 Å². The second-order valence-electron chi connectivity index (χ2n) is 4.06. The minimum absolute atomic E-state index is 0.769. The van der Waals surface area contributed by atoms with Gasteiger partial charge in [-0.25, -0.2) is 0 Å². The number of rotatable bonds is 5. The Morgan fingerprint density at radius 2 is 2.22 bits per heavy atom. The molecule has 2 rings (SSSR count). The molecule has 0 saturated heterocycles. The van der Waals surface area contributed by atoms with Gasteiger partial charge in [0.15, 0.2) is 0 Å². The molecular weight excluding hydrogens is 268 g/mol. The van der Waals surface area contributed by atoms with Crippen LogP contribution in [0.25, 0.3) is 0 Å². The summed E-state index contributed by atoms with van der Waals surface area (Å²) < 4.78 is 0.825. The lowest BCUT2D eigenvalue weighted by Gasteiger charge is -2.15. The molecule has 6 heteroatoms. The molecule has 0 bridgehead atoms. The van der Waals surface area contributed by atoms with Crippen LogP contribution in [0.5, 0.6) is 0 Å². The van der Waals surface area contributed by atoms with Crippen LogP contribution in [0.4, 0.5) is 5.69 Å². The Morgan fingerprint density at radius 3 is 2.89 bits per heavy atom. The van der Waals surface area contributed by atoms with Crippen LogP contribution in [0.3, 0.4) is 0 Å². The van der Waals surface area contributed by atoms with Crippen LogP contribution in [-0.2, 0) is 13.1 Å². The summed E-state index contributed by atoms with van der Waals surface area (Å²) in [5.74, 6) is 5.37. The highest BCUT2D eigenvalue weighted by atomic mass is 35.5. The van der Waals surface area contributed by atoms with E-state index in [4.69, 9.17) is 17.4 Å². The maximum atomic E-state index is 5.91. The number of thiophene rings is 1. The number of nitrogen functional groups attached to an aromatic ring is 1. The number of nitrogens with two attached hydrogens (primary N) is 1. The third-order valence-corrected chi connectivity index (χ3v) is 3.69. The van der Waals surface area contributed by atoms with Crippen molar-refractivity contribution in [1.82, 2.24) is 9.88 Å². The lowest BCUT2D eigenvalue weighted by atomic mass is 10.3. The van der Waals surface area contributed by atoms with Gasteiger partial charge in [0.1, 0.15) is 0 Å². The highest BCUT2D eigenvalue weighted by Crippen LogP contribution is 2.22. The van der Waals surface area contributed by atoms with E-state index in [1.165, 1.54) is 4.88 Å². The van der Waals surface area contributed by atoms with Gasteiger partial charge in [-0.2, -0.15) is 0 Å². The van der Waals surface area contributed by atoms with Crippen molar-refractivity contribution >= 4 is 28.6 Å². The van der Waals surface area contributed by atoms with Gasteiger partial charge in [-0.05, 0) is 31.3 Å². The topological polar surface area (TPSA) is 54.2 Å². The van der Waals surface area contributed by atoms with Gasteiger partial charge in [0, 0.05) is 24.2 Å². The smallest absolute Gasteiger partial charge is 0.0931 e. The normalized spacial score (nSPS) is 10.9. The summed E-state index contributed by atoms with van der Waals surface area (Å²) in [5.41, 5.74) is 4.47. The standard InChI is InChI=1S/C12H15ClN4S/c1-17(8-11-2-3-12(13)18-11)7-10-6-9(16-14)4-5-15-10/h2-6H,7-8,14H2,1H3,(H,15,16). The van der Waals surface area contributed by atoms with Gasteiger partial charge >= 0.3 is 0 Å². The maximum Gasteiger partial charge on any atom is 0.0931 e. The van der Waals surface area contributed by atoms with Crippen molar-refractivity contribution in [2.75, 3.05) is 12.5 Å². The van der Waals surface area contributed by atoms with Gasteiger partial charge in [-0.1, -0.05) is 11.6 Å². The Hall–Kier alpha value is -1.14. The molecule has 96 valence electrons. The molecule has 0 fully saturated rings. The van der Waals surface area contributed by atoms with E-state index in [1.54, 1.807) is 17.5 Å². The van der Waals surface area contributed by atoms with Gasteiger partial charge in [0.25, 0.3) is 0 Å². The zero-order chi connectivity index (χ0) is 13.0. The first-order valence-corrected chi connectivity index (χ1v) is 6.71. The van der Waals surface area contributed by atoms with Crippen LogP contribution in [-0.4, -0.2) is 16.9 Å². The van der Waals surface area contributed by atoms with Gasteiger partial charge < -0.3 is 5.43 Å². The molecule has 0 atom stereocenters. The quantitative estimate of drug-likeness (QED) is 0.654. The molecular formula is C12H15ClN4S. The van der Waals surface area contributed by atoms with Crippen molar-refractivity contribution in [1.29, 1.82) is 0 Å². The van der Waals surface area contributed by atoms with Gasteiger partial charge in [-0.3, -0.25) is 15.7 Å². The number of aromatic nitrogens is 1. The van der Waals surface area contributed by atoms with Crippen molar-refractivity contribution in [3.63, 3.8) is 0 Å². The molecule has 0 aliphatic carbocycles. The largest absolute Gasteiger partial charge is 0.324 e. The molecule has 2 heterocycles. The summed E-state index contributed by atoms with van der Waals surface area (Å²) in [4.78, 5) is 7.75. The van der Waals surface area contributed by atoms with Crippen LogP contribution in [0, 0.1) is 0 Å². The number of anilines is 1. The minimum Gasteiger partial charge on any atom is -0.324 e. The minimum atomic E-state index is 0.769. The van der Waals surface area contributed by atoms with Crippen molar-refractivity contribution in [2.45, 2.75) is 13.1 Å². The molecule has 0 spiro atoms. The molecule has 0 unspecified atom stereocenters. The number of halogens is 1. The molecule has 2 aromatic rings. The zero-order valence-electron chi connectivity index (χ0n) is 10.1. The molecule has 0 saturated carbocycles. The van der Waals surface area contributed by atoms with Gasteiger partial charge in [-0.15, -0.1) is 11.3 Å². The fraction of sp³-hybridized carbons (Fsp3) is 0.250. The summed E-state index contributed by atoms with van der Waals surface area (Å²) in [7, 11) is 2.05. The van der Waals surface area contributed by atoms with Crippen molar-refractivity contribution in [3.8, 4) is 0 Å². The first-order chi connectivity index (χ1) is 8.67. The average Bonchev–Trinajstić information content (AvgIpc) is 2.74. The number of pyridine rings is 1. The molecule has 0 radical (unpaired) electrons. The van der Waals surface area contributed by atoms with Crippen LogP contribution in [0.1, 0.15) is 10.6 Å². The first kappa shape index (κ1) is 13.3. The number of nitrogens with zero attached hydrogens (tertiary/aromatic N) is 2. The highest BCUT2D eigenvalue weighted by molar-refractivity contribution is 7.16. The Kier molecular flexibility index (Phi) is 4.54. The van der Waals surface area contributed by atoms with Crippen molar-refractivity contribution in [2.24, 2.45) is 5.84 Å². The lowest BCUT2D eigenvalue weighted by molar-refractivity contribution is 0.318. The number of hydrazine groups is 1. The maximum absolute atomic E-state index is 5.91. The molecule has 18 heavy (non-hydrogen) atoms. The SMILES string of the molecule is CN(Cc1cc(NN)ccn1)Cc1ccc(Cl)s1. The van der Waals surface area contributed by atoms with E-state index < -0.39 is 0 Å². The molecule has 0 aromatic carbocycles. The monoisotopic (exact) mass is 282 g/mol. The summed E-state index contributed by atoms with van der Waals surface area (Å²) in [5, 5.41) is 0.